The molecule has 1 N–H and O–H groups in total. The van der Waals surface area contributed by atoms with Gasteiger partial charge in [-0.1, -0.05) is 6.92 Å². The van der Waals surface area contributed by atoms with E-state index in [9.17, 15) is 14.7 Å². The Morgan fingerprint density at radius 1 is 1.33 bits per heavy atom. The van der Waals surface area contributed by atoms with Crippen molar-refractivity contribution < 1.29 is 19.4 Å². The summed E-state index contributed by atoms with van der Waals surface area (Å²) in [6, 6.07) is 3.69. The van der Waals surface area contributed by atoms with Gasteiger partial charge in [-0.2, -0.15) is 0 Å². The zero-order valence-electron chi connectivity index (χ0n) is 14.3. The van der Waals surface area contributed by atoms with Crippen LogP contribution >= 0.6 is 0 Å². The smallest absolute Gasteiger partial charge is 0.337 e. The predicted octanol–water partition coefficient (Wildman–Crippen LogP) is 2.20. The maximum atomic E-state index is 11.9. The fourth-order valence-electron chi connectivity index (χ4n) is 3.58. The molecule has 1 aromatic carbocycles. The summed E-state index contributed by atoms with van der Waals surface area (Å²) in [6.07, 6.45) is 0.799. The molecule has 0 spiro atoms. The standard InChI is InChI=1S/C18H22N2O4/c1-4-19-6-5-15-14(9-19)12-7-11(2)8-13(18(22)23)17(12)20(15)10-16(21)24-3/h7-8H,4-6,9-10H2,1-3H3,(H,22,23). The molecule has 1 aromatic heterocycles. The highest BCUT2D eigenvalue weighted by Crippen LogP contribution is 2.34. The first-order chi connectivity index (χ1) is 11.5. The molecular formula is C18H22N2O4. The van der Waals surface area contributed by atoms with Crippen LogP contribution in [0.25, 0.3) is 10.9 Å². The normalized spacial score (nSPS) is 14.6. The fraction of sp³-hybridized carbons (Fsp3) is 0.444. The molecule has 2 aromatic rings. The van der Waals surface area contributed by atoms with E-state index in [0.717, 1.165) is 48.3 Å². The third-order valence-electron chi connectivity index (χ3n) is 4.76. The molecule has 0 atom stereocenters. The van der Waals surface area contributed by atoms with Gasteiger partial charge in [0.05, 0.1) is 18.2 Å². The molecule has 1 aliphatic heterocycles. The van der Waals surface area contributed by atoms with Gasteiger partial charge in [0.15, 0.2) is 0 Å². The largest absolute Gasteiger partial charge is 0.478 e. The van der Waals surface area contributed by atoms with E-state index in [1.54, 1.807) is 6.07 Å². The molecule has 0 bridgehead atoms. The fourth-order valence-corrected chi connectivity index (χ4v) is 3.58. The molecule has 0 radical (unpaired) electrons. The van der Waals surface area contributed by atoms with E-state index in [1.807, 2.05) is 17.6 Å². The first-order valence-corrected chi connectivity index (χ1v) is 8.13. The Morgan fingerprint density at radius 2 is 2.08 bits per heavy atom. The number of rotatable bonds is 4. The molecule has 0 saturated heterocycles. The number of benzene rings is 1. The Labute approximate surface area is 140 Å². The summed E-state index contributed by atoms with van der Waals surface area (Å²) in [5, 5.41) is 10.6. The second-order valence-electron chi connectivity index (χ2n) is 6.22. The summed E-state index contributed by atoms with van der Waals surface area (Å²) >= 11 is 0. The van der Waals surface area contributed by atoms with Gasteiger partial charge in [0.1, 0.15) is 6.54 Å². The molecule has 0 amide bonds. The third-order valence-corrected chi connectivity index (χ3v) is 4.76. The van der Waals surface area contributed by atoms with Gasteiger partial charge in [-0.3, -0.25) is 9.69 Å². The minimum absolute atomic E-state index is 0.0395. The molecule has 0 unspecified atom stereocenters. The Hall–Kier alpha value is -2.34. The van der Waals surface area contributed by atoms with Crippen LogP contribution in [0.4, 0.5) is 0 Å². The average Bonchev–Trinajstić information content (AvgIpc) is 2.87. The van der Waals surface area contributed by atoms with Crippen LogP contribution in [0.15, 0.2) is 12.1 Å². The number of carboxylic acids is 1. The van der Waals surface area contributed by atoms with Crippen LogP contribution in [0.2, 0.25) is 0 Å². The second kappa shape index (κ2) is 6.28. The van der Waals surface area contributed by atoms with E-state index in [-0.39, 0.29) is 18.1 Å². The molecule has 6 nitrogen and oxygen atoms in total. The van der Waals surface area contributed by atoms with Gasteiger partial charge in [0.25, 0.3) is 0 Å². The van der Waals surface area contributed by atoms with E-state index >= 15 is 0 Å². The monoisotopic (exact) mass is 330 g/mol. The maximum absolute atomic E-state index is 11.9. The number of aromatic nitrogens is 1. The van der Waals surface area contributed by atoms with Crippen LogP contribution in [0.1, 0.15) is 34.1 Å². The molecular weight excluding hydrogens is 308 g/mol. The molecule has 6 heteroatoms. The van der Waals surface area contributed by atoms with E-state index < -0.39 is 5.97 Å². The van der Waals surface area contributed by atoms with Crippen molar-refractivity contribution >= 4 is 22.8 Å². The number of carbonyl (C=O) groups is 2. The Bertz CT molecular complexity index is 822. The predicted molar refractivity (Wildman–Crippen MR) is 90.3 cm³/mol. The molecule has 2 heterocycles. The lowest BCUT2D eigenvalue weighted by atomic mass is 10.0. The van der Waals surface area contributed by atoms with Gasteiger partial charge in [0.2, 0.25) is 0 Å². The van der Waals surface area contributed by atoms with Crippen molar-refractivity contribution in [1.29, 1.82) is 0 Å². The molecule has 1 aliphatic rings. The SMILES string of the molecule is CCN1CCc2c(c3cc(C)cc(C(=O)O)c3n2CC(=O)OC)C1. The number of aryl methyl sites for hydroxylation is 1. The van der Waals surface area contributed by atoms with Crippen LogP contribution in [-0.4, -0.2) is 46.7 Å². The van der Waals surface area contributed by atoms with E-state index in [1.165, 1.54) is 7.11 Å². The number of nitrogens with zero attached hydrogens (tertiary/aromatic N) is 2. The molecule has 24 heavy (non-hydrogen) atoms. The average molecular weight is 330 g/mol. The summed E-state index contributed by atoms with van der Waals surface area (Å²) in [7, 11) is 1.35. The van der Waals surface area contributed by atoms with Crippen molar-refractivity contribution in [2.45, 2.75) is 33.4 Å². The first kappa shape index (κ1) is 16.5. The number of ether oxygens (including phenoxy) is 1. The van der Waals surface area contributed by atoms with Crippen LogP contribution in [-0.2, 0) is 29.0 Å². The number of carbonyl (C=O) groups excluding carboxylic acids is 1. The Kier molecular flexibility index (Phi) is 4.32. The number of carboxylic acid groups (broad SMARTS) is 1. The summed E-state index contributed by atoms with van der Waals surface area (Å²) in [5.41, 5.74) is 3.96. The highest BCUT2D eigenvalue weighted by molar-refractivity contribution is 6.04. The van der Waals surface area contributed by atoms with Crippen molar-refractivity contribution in [3.8, 4) is 0 Å². The number of hydrogen-bond acceptors (Lipinski definition) is 4. The summed E-state index contributed by atoms with van der Waals surface area (Å²) in [6.45, 7) is 6.68. The minimum atomic E-state index is -0.975. The van der Waals surface area contributed by atoms with Gasteiger partial charge in [-0.25, -0.2) is 4.79 Å². The highest BCUT2D eigenvalue weighted by atomic mass is 16.5. The van der Waals surface area contributed by atoms with Gasteiger partial charge >= 0.3 is 11.9 Å². The lowest BCUT2D eigenvalue weighted by Gasteiger charge is -2.26. The van der Waals surface area contributed by atoms with Crippen LogP contribution in [0.3, 0.4) is 0 Å². The number of likely N-dealkylation sites (N-methyl/N-ethyl adjacent to an activating group) is 1. The highest BCUT2D eigenvalue weighted by Gasteiger charge is 2.27. The van der Waals surface area contributed by atoms with Gasteiger partial charge in [-0.15, -0.1) is 0 Å². The lowest BCUT2D eigenvalue weighted by molar-refractivity contribution is -0.141. The lowest BCUT2D eigenvalue weighted by Crippen LogP contribution is -2.31. The number of methoxy groups -OCH3 is 1. The maximum Gasteiger partial charge on any atom is 0.337 e. The Balaban J connectivity index is 2.31. The second-order valence-corrected chi connectivity index (χ2v) is 6.22. The summed E-state index contributed by atoms with van der Waals surface area (Å²) < 4.78 is 6.65. The van der Waals surface area contributed by atoms with Crippen LogP contribution in [0, 0.1) is 6.92 Å². The van der Waals surface area contributed by atoms with Crippen molar-refractivity contribution in [1.82, 2.24) is 9.47 Å². The zero-order chi connectivity index (χ0) is 17.4. The van der Waals surface area contributed by atoms with E-state index in [2.05, 4.69) is 11.8 Å². The first-order valence-electron chi connectivity index (χ1n) is 8.13. The number of aromatic carboxylic acids is 1. The van der Waals surface area contributed by atoms with Gasteiger partial charge in [0, 0.05) is 30.6 Å². The minimum Gasteiger partial charge on any atom is -0.478 e. The quantitative estimate of drug-likeness (QED) is 0.870. The van der Waals surface area contributed by atoms with Crippen LogP contribution in [0.5, 0.6) is 0 Å². The van der Waals surface area contributed by atoms with Gasteiger partial charge in [-0.05, 0) is 36.7 Å². The van der Waals surface area contributed by atoms with Crippen LogP contribution < -0.4 is 0 Å². The molecule has 128 valence electrons. The number of esters is 1. The summed E-state index contributed by atoms with van der Waals surface area (Å²) in [4.78, 5) is 26.0. The molecule has 0 saturated carbocycles. The molecule has 3 rings (SSSR count). The zero-order valence-corrected chi connectivity index (χ0v) is 14.3. The van der Waals surface area contributed by atoms with Crippen molar-refractivity contribution in [2.24, 2.45) is 0 Å². The van der Waals surface area contributed by atoms with E-state index in [0.29, 0.717) is 5.52 Å². The third kappa shape index (κ3) is 2.67. The summed E-state index contributed by atoms with van der Waals surface area (Å²) in [5.74, 6) is -1.35. The molecule has 0 aliphatic carbocycles. The number of hydrogen-bond donors (Lipinski definition) is 1. The molecule has 0 fully saturated rings. The van der Waals surface area contributed by atoms with Crippen molar-refractivity contribution in [3.63, 3.8) is 0 Å². The van der Waals surface area contributed by atoms with Gasteiger partial charge < -0.3 is 14.4 Å². The topological polar surface area (TPSA) is 71.8 Å². The van der Waals surface area contributed by atoms with Crippen molar-refractivity contribution in [2.75, 3.05) is 20.2 Å². The number of fused-ring (bicyclic) bond motifs is 3. The van der Waals surface area contributed by atoms with Crippen molar-refractivity contribution in [3.05, 3.63) is 34.5 Å². The van der Waals surface area contributed by atoms with E-state index in [4.69, 9.17) is 4.74 Å². The Morgan fingerprint density at radius 3 is 2.71 bits per heavy atom.